The lowest BCUT2D eigenvalue weighted by atomic mass is 10.1. The maximum Gasteiger partial charge on any atom is 0.207 e. The zero-order chi connectivity index (χ0) is 8.97. The molecule has 0 saturated carbocycles. The topological polar surface area (TPSA) is 29.1 Å². The second kappa shape index (κ2) is 4.12. The van der Waals surface area contributed by atoms with Crippen LogP contribution < -0.4 is 5.32 Å². The van der Waals surface area contributed by atoms with Crippen LogP contribution in [0.4, 0.5) is 0 Å². The first kappa shape index (κ1) is 9.07. The number of carbonyl (C=O) groups is 1. The summed E-state index contributed by atoms with van der Waals surface area (Å²) in [6, 6.07) is 7.44. The van der Waals surface area contributed by atoms with E-state index in [1.807, 2.05) is 25.1 Å². The number of rotatable bonds is 3. The normalized spacial score (nSPS) is 12.2. The first-order valence-electron chi connectivity index (χ1n) is 3.69. The van der Waals surface area contributed by atoms with Gasteiger partial charge >= 0.3 is 0 Å². The monoisotopic (exact) mass is 183 g/mol. The molecule has 3 heteroatoms. The number of benzene rings is 1. The van der Waals surface area contributed by atoms with E-state index in [1.54, 1.807) is 6.07 Å². The molecule has 0 bridgehead atoms. The van der Waals surface area contributed by atoms with Gasteiger partial charge in [-0.2, -0.15) is 0 Å². The molecule has 0 aliphatic rings. The molecule has 1 aromatic rings. The number of amides is 1. The van der Waals surface area contributed by atoms with Gasteiger partial charge in [0.05, 0.1) is 6.04 Å². The van der Waals surface area contributed by atoms with Crippen molar-refractivity contribution >= 4 is 18.0 Å². The Kier molecular flexibility index (Phi) is 3.11. The van der Waals surface area contributed by atoms with Gasteiger partial charge in [0, 0.05) is 5.02 Å². The van der Waals surface area contributed by atoms with Crippen molar-refractivity contribution in [2.75, 3.05) is 0 Å². The molecule has 0 aliphatic heterocycles. The summed E-state index contributed by atoms with van der Waals surface area (Å²) in [6.45, 7) is 1.90. The van der Waals surface area contributed by atoms with E-state index in [-0.39, 0.29) is 6.04 Å². The highest BCUT2D eigenvalue weighted by atomic mass is 35.5. The van der Waals surface area contributed by atoms with E-state index in [4.69, 9.17) is 11.6 Å². The van der Waals surface area contributed by atoms with Gasteiger partial charge in [-0.1, -0.05) is 23.7 Å². The van der Waals surface area contributed by atoms with E-state index in [0.29, 0.717) is 11.4 Å². The summed E-state index contributed by atoms with van der Waals surface area (Å²) in [7, 11) is 0. The van der Waals surface area contributed by atoms with Gasteiger partial charge in [-0.05, 0) is 24.6 Å². The second-order valence-corrected chi connectivity index (χ2v) is 3.00. The summed E-state index contributed by atoms with van der Waals surface area (Å²) in [5.41, 5.74) is 1.01. The molecule has 0 aromatic heterocycles. The van der Waals surface area contributed by atoms with Crippen LogP contribution in [0.25, 0.3) is 0 Å². The summed E-state index contributed by atoms with van der Waals surface area (Å²) in [5.74, 6) is 0. The lowest BCUT2D eigenvalue weighted by Gasteiger charge is -2.09. The molecule has 2 nitrogen and oxygen atoms in total. The fourth-order valence-electron chi connectivity index (χ4n) is 0.974. The molecule has 1 N–H and O–H groups in total. The van der Waals surface area contributed by atoms with E-state index in [0.717, 1.165) is 5.56 Å². The number of hydrogen-bond acceptors (Lipinski definition) is 1. The second-order valence-electron chi connectivity index (χ2n) is 2.56. The highest BCUT2D eigenvalue weighted by molar-refractivity contribution is 6.30. The number of nitrogens with one attached hydrogen (secondary N) is 1. The summed E-state index contributed by atoms with van der Waals surface area (Å²) < 4.78 is 0. The number of hydrogen-bond donors (Lipinski definition) is 1. The van der Waals surface area contributed by atoms with Crippen molar-refractivity contribution in [2.24, 2.45) is 0 Å². The quantitative estimate of drug-likeness (QED) is 0.715. The van der Waals surface area contributed by atoms with Crippen LogP contribution in [0.15, 0.2) is 24.3 Å². The van der Waals surface area contributed by atoms with Crippen molar-refractivity contribution in [1.29, 1.82) is 0 Å². The first-order valence-corrected chi connectivity index (χ1v) is 4.07. The number of carbonyl (C=O) groups excluding carboxylic acids is 1. The minimum atomic E-state index is 0.0150. The lowest BCUT2D eigenvalue weighted by Crippen LogP contribution is -2.15. The van der Waals surface area contributed by atoms with Gasteiger partial charge in [0.2, 0.25) is 6.41 Å². The third kappa shape index (κ3) is 2.24. The molecule has 1 aromatic carbocycles. The van der Waals surface area contributed by atoms with Crippen molar-refractivity contribution in [3.05, 3.63) is 34.9 Å². The summed E-state index contributed by atoms with van der Waals surface area (Å²) >= 11 is 5.77. The number of halogens is 1. The summed E-state index contributed by atoms with van der Waals surface area (Å²) in [4.78, 5) is 10.1. The highest BCUT2D eigenvalue weighted by Crippen LogP contribution is 2.16. The Hall–Kier alpha value is -1.02. The maximum atomic E-state index is 10.1. The predicted molar refractivity (Wildman–Crippen MR) is 49.1 cm³/mol. The zero-order valence-corrected chi connectivity index (χ0v) is 7.51. The molecule has 0 spiro atoms. The van der Waals surface area contributed by atoms with Crippen molar-refractivity contribution in [3.8, 4) is 0 Å². The van der Waals surface area contributed by atoms with E-state index < -0.39 is 0 Å². The third-order valence-corrected chi connectivity index (χ3v) is 1.90. The van der Waals surface area contributed by atoms with E-state index in [9.17, 15) is 4.79 Å². The molecule has 0 heterocycles. The fourth-order valence-corrected chi connectivity index (χ4v) is 1.17. The van der Waals surface area contributed by atoms with Crippen LogP contribution in [-0.4, -0.2) is 6.41 Å². The van der Waals surface area contributed by atoms with Crippen LogP contribution >= 0.6 is 11.6 Å². The Morgan fingerprint density at radius 1 is 1.58 bits per heavy atom. The van der Waals surface area contributed by atoms with E-state index in [2.05, 4.69) is 5.32 Å². The standard InChI is InChI=1S/C9H10ClNO/c1-7(11-6-12)8-3-2-4-9(10)5-8/h2-7H,1H3,(H,11,12). The van der Waals surface area contributed by atoms with E-state index >= 15 is 0 Å². The van der Waals surface area contributed by atoms with Crippen LogP contribution in [0, 0.1) is 0 Å². The Morgan fingerprint density at radius 3 is 2.92 bits per heavy atom. The van der Waals surface area contributed by atoms with E-state index in [1.165, 1.54) is 0 Å². The Morgan fingerprint density at radius 2 is 2.33 bits per heavy atom. The molecule has 0 saturated heterocycles. The molecule has 12 heavy (non-hydrogen) atoms. The first-order chi connectivity index (χ1) is 5.74. The average molecular weight is 184 g/mol. The van der Waals surface area contributed by atoms with Crippen LogP contribution in [0.2, 0.25) is 5.02 Å². The molecular weight excluding hydrogens is 174 g/mol. The van der Waals surface area contributed by atoms with Crippen molar-refractivity contribution in [1.82, 2.24) is 5.32 Å². The molecule has 0 radical (unpaired) electrons. The van der Waals surface area contributed by atoms with Crippen LogP contribution in [0.3, 0.4) is 0 Å². The molecule has 0 aliphatic carbocycles. The Labute approximate surface area is 76.5 Å². The van der Waals surface area contributed by atoms with Crippen molar-refractivity contribution < 1.29 is 4.79 Å². The van der Waals surface area contributed by atoms with Gasteiger partial charge in [-0.15, -0.1) is 0 Å². The van der Waals surface area contributed by atoms with Gasteiger partial charge in [0.1, 0.15) is 0 Å². The van der Waals surface area contributed by atoms with Gasteiger partial charge in [0.15, 0.2) is 0 Å². The third-order valence-electron chi connectivity index (χ3n) is 1.67. The molecular formula is C9H10ClNO. The largest absolute Gasteiger partial charge is 0.352 e. The van der Waals surface area contributed by atoms with Crippen molar-refractivity contribution in [2.45, 2.75) is 13.0 Å². The maximum absolute atomic E-state index is 10.1. The SMILES string of the molecule is CC(NC=O)c1cccc(Cl)c1. The molecule has 1 rings (SSSR count). The van der Waals surface area contributed by atoms with Crippen LogP contribution in [-0.2, 0) is 4.79 Å². The van der Waals surface area contributed by atoms with Gasteiger partial charge < -0.3 is 5.32 Å². The zero-order valence-electron chi connectivity index (χ0n) is 6.75. The molecule has 1 amide bonds. The van der Waals surface area contributed by atoms with Crippen molar-refractivity contribution in [3.63, 3.8) is 0 Å². The average Bonchev–Trinajstić information content (AvgIpc) is 2.05. The Balaban J connectivity index is 2.80. The molecule has 0 fully saturated rings. The highest BCUT2D eigenvalue weighted by Gasteiger charge is 2.02. The molecule has 1 unspecified atom stereocenters. The smallest absolute Gasteiger partial charge is 0.207 e. The molecule has 1 atom stereocenters. The fraction of sp³-hybridized carbons (Fsp3) is 0.222. The molecule has 64 valence electrons. The van der Waals surface area contributed by atoms with Gasteiger partial charge in [-0.3, -0.25) is 4.79 Å². The lowest BCUT2D eigenvalue weighted by molar-refractivity contribution is -0.110. The Bertz CT molecular complexity index is 275. The minimum Gasteiger partial charge on any atom is -0.352 e. The predicted octanol–water partition coefficient (Wildman–Crippen LogP) is 2.15. The minimum absolute atomic E-state index is 0.0150. The van der Waals surface area contributed by atoms with Crippen LogP contribution in [0.5, 0.6) is 0 Å². The summed E-state index contributed by atoms with van der Waals surface area (Å²) in [6.07, 6.45) is 0.686. The van der Waals surface area contributed by atoms with Gasteiger partial charge in [0.25, 0.3) is 0 Å². The summed E-state index contributed by atoms with van der Waals surface area (Å²) in [5, 5.41) is 3.34. The van der Waals surface area contributed by atoms with Crippen LogP contribution in [0.1, 0.15) is 18.5 Å². The van der Waals surface area contributed by atoms with Gasteiger partial charge in [-0.25, -0.2) is 0 Å².